The summed E-state index contributed by atoms with van der Waals surface area (Å²) in [5, 5.41) is 12.6. The molecule has 0 fully saturated rings. The van der Waals surface area contributed by atoms with Crippen molar-refractivity contribution in [3.63, 3.8) is 0 Å². The number of anilines is 1. The van der Waals surface area contributed by atoms with Crippen LogP contribution in [-0.2, 0) is 4.74 Å². The van der Waals surface area contributed by atoms with E-state index in [1.807, 2.05) is 18.2 Å². The first kappa shape index (κ1) is 10.8. The molecule has 3 nitrogen and oxygen atoms in total. The van der Waals surface area contributed by atoms with Crippen molar-refractivity contribution in [1.82, 2.24) is 0 Å². The number of benzene rings is 1. The van der Waals surface area contributed by atoms with Gasteiger partial charge in [0.15, 0.2) is 0 Å². The highest BCUT2D eigenvalue weighted by Crippen LogP contribution is 2.20. The Kier molecular flexibility index (Phi) is 3.27. The zero-order valence-electron chi connectivity index (χ0n) is 9.18. The molecule has 1 aliphatic rings. The molecule has 1 aromatic rings. The number of phenols is 1. The van der Waals surface area contributed by atoms with Crippen molar-refractivity contribution in [2.75, 3.05) is 12.4 Å². The Labute approximate surface area is 95.1 Å². The molecule has 0 aliphatic heterocycles. The summed E-state index contributed by atoms with van der Waals surface area (Å²) in [5.41, 5.74) is 1.86. The second-order valence-electron chi connectivity index (χ2n) is 3.71. The van der Waals surface area contributed by atoms with Gasteiger partial charge in [-0.3, -0.25) is 0 Å². The number of aromatic hydroxyl groups is 1. The number of methoxy groups -OCH3 is 1. The highest BCUT2D eigenvalue weighted by Gasteiger charge is 2.07. The average Bonchev–Trinajstić information content (AvgIpc) is 2.29. The van der Waals surface area contributed by atoms with Crippen LogP contribution in [0.2, 0.25) is 0 Å². The van der Waals surface area contributed by atoms with Crippen LogP contribution in [0.4, 0.5) is 5.69 Å². The third-order valence-electron chi connectivity index (χ3n) is 2.47. The van der Waals surface area contributed by atoms with E-state index in [9.17, 15) is 5.11 Å². The molecule has 2 rings (SSSR count). The van der Waals surface area contributed by atoms with Gasteiger partial charge < -0.3 is 15.2 Å². The third-order valence-corrected chi connectivity index (χ3v) is 2.47. The van der Waals surface area contributed by atoms with Crippen molar-refractivity contribution in [2.24, 2.45) is 0 Å². The van der Waals surface area contributed by atoms with Gasteiger partial charge in [-0.15, -0.1) is 0 Å². The van der Waals surface area contributed by atoms with Crippen LogP contribution in [0.5, 0.6) is 5.75 Å². The van der Waals surface area contributed by atoms with Crippen molar-refractivity contribution in [1.29, 1.82) is 0 Å². The molecule has 0 saturated heterocycles. The molecule has 2 N–H and O–H groups in total. The Morgan fingerprint density at radius 2 is 2.31 bits per heavy atom. The predicted octanol–water partition coefficient (Wildman–Crippen LogP) is 2.66. The lowest BCUT2D eigenvalue weighted by atomic mass is 10.1. The van der Waals surface area contributed by atoms with Crippen LogP contribution in [0, 0.1) is 0 Å². The van der Waals surface area contributed by atoms with Crippen LogP contribution in [0.3, 0.4) is 0 Å². The van der Waals surface area contributed by atoms with E-state index in [1.165, 1.54) is 0 Å². The number of nitrogens with one attached hydrogen (secondary N) is 1. The molecule has 0 spiro atoms. The molecule has 0 saturated carbocycles. The maximum Gasteiger partial charge on any atom is 0.117 e. The standard InChI is InChI=1S/C13H15NO2/c1-16-13-7-3-5-11(9-13)14-10-4-2-6-12(15)8-10/h2-6,8-9,13-15H,7H2,1H3. The lowest BCUT2D eigenvalue weighted by Gasteiger charge is -2.16. The molecule has 0 heterocycles. The molecule has 3 heteroatoms. The van der Waals surface area contributed by atoms with E-state index in [1.54, 1.807) is 25.3 Å². The van der Waals surface area contributed by atoms with E-state index in [2.05, 4.69) is 11.4 Å². The van der Waals surface area contributed by atoms with E-state index < -0.39 is 0 Å². The largest absolute Gasteiger partial charge is 0.508 e. The molecule has 1 aliphatic carbocycles. The van der Waals surface area contributed by atoms with Crippen LogP contribution in [0.25, 0.3) is 0 Å². The summed E-state index contributed by atoms with van der Waals surface area (Å²) in [6, 6.07) is 7.04. The van der Waals surface area contributed by atoms with Crippen LogP contribution < -0.4 is 5.32 Å². The molecule has 0 bridgehead atoms. The van der Waals surface area contributed by atoms with Gasteiger partial charge in [-0.25, -0.2) is 0 Å². The summed E-state index contributed by atoms with van der Waals surface area (Å²) in [6.07, 6.45) is 7.15. The van der Waals surface area contributed by atoms with E-state index in [0.717, 1.165) is 17.8 Å². The van der Waals surface area contributed by atoms with Crippen LogP contribution >= 0.6 is 0 Å². The summed E-state index contributed by atoms with van der Waals surface area (Å²) in [6.45, 7) is 0. The van der Waals surface area contributed by atoms with E-state index in [0.29, 0.717) is 0 Å². The number of hydrogen-bond acceptors (Lipinski definition) is 3. The maximum atomic E-state index is 9.34. The van der Waals surface area contributed by atoms with Gasteiger partial charge in [-0.2, -0.15) is 0 Å². The monoisotopic (exact) mass is 217 g/mol. The van der Waals surface area contributed by atoms with Gasteiger partial charge in [0, 0.05) is 24.6 Å². The summed E-state index contributed by atoms with van der Waals surface area (Å²) in [4.78, 5) is 0. The summed E-state index contributed by atoms with van der Waals surface area (Å²) >= 11 is 0. The quantitative estimate of drug-likeness (QED) is 0.817. The van der Waals surface area contributed by atoms with Crippen LogP contribution in [-0.4, -0.2) is 18.3 Å². The normalized spacial score (nSPS) is 19.3. The minimum Gasteiger partial charge on any atom is -0.508 e. The van der Waals surface area contributed by atoms with Gasteiger partial charge in [0.05, 0.1) is 6.10 Å². The molecular formula is C13H15NO2. The highest BCUT2D eigenvalue weighted by molar-refractivity contribution is 5.54. The van der Waals surface area contributed by atoms with Gasteiger partial charge in [0.25, 0.3) is 0 Å². The molecule has 1 unspecified atom stereocenters. The number of hydrogen-bond donors (Lipinski definition) is 2. The molecule has 1 aromatic carbocycles. The van der Waals surface area contributed by atoms with E-state index >= 15 is 0 Å². The second kappa shape index (κ2) is 4.86. The molecule has 16 heavy (non-hydrogen) atoms. The average molecular weight is 217 g/mol. The molecule has 0 amide bonds. The third kappa shape index (κ3) is 2.64. The first-order valence-electron chi connectivity index (χ1n) is 5.25. The van der Waals surface area contributed by atoms with Crippen molar-refractivity contribution < 1.29 is 9.84 Å². The lowest BCUT2D eigenvalue weighted by molar-refractivity contribution is 0.142. The Hall–Kier alpha value is -1.74. The SMILES string of the molecule is COC1C=C(Nc2cccc(O)c2)C=CC1. The fraction of sp³-hybridized carbons (Fsp3) is 0.231. The zero-order chi connectivity index (χ0) is 11.4. The summed E-state index contributed by atoms with van der Waals surface area (Å²) in [7, 11) is 1.70. The van der Waals surface area contributed by atoms with Crippen molar-refractivity contribution in [3.05, 3.63) is 48.2 Å². The topological polar surface area (TPSA) is 41.5 Å². The summed E-state index contributed by atoms with van der Waals surface area (Å²) < 4.78 is 5.27. The van der Waals surface area contributed by atoms with Gasteiger partial charge in [-0.1, -0.05) is 12.1 Å². The van der Waals surface area contributed by atoms with Gasteiger partial charge in [0.1, 0.15) is 5.75 Å². The number of rotatable bonds is 3. The van der Waals surface area contributed by atoms with Crippen molar-refractivity contribution in [2.45, 2.75) is 12.5 Å². The van der Waals surface area contributed by atoms with Crippen molar-refractivity contribution >= 4 is 5.69 Å². The molecular weight excluding hydrogens is 202 g/mol. The zero-order valence-corrected chi connectivity index (χ0v) is 9.18. The molecule has 84 valence electrons. The number of ether oxygens (including phenoxy) is 1. The first-order valence-corrected chi connectivity index (χ1v) is 5.25. The Balaban J connectivity index is 2.10. The smallest absolute Gasteiger partial charge is 0.117 e. The van der Waals surface area contributed by atoms with E-state index in [-0.39, 0.29) is 11.9 Å². The van der Waals surface area contributed by atoms with Gasteiger partial charge >= 0.3 is 0 Å². The Morgan fingerprint density at radius 1 is 1.44 bits per heavy atom. The van der Waals surface area contributed by atoms with Crippen LogP contribution in [0.15, 0.2) is 48.2 Å². The van der Waals surface area contributed by atoms with E-state index in [4.69, 9.17) is 4.74 Å². The van der Waals surface area contributed by atoms with Crippen LogP contribution in [0.1, 0.15) is 6.42 Å². The maximum absolute atomic E-state index is 9.34. The van der Waals surface area contributed by atoms with Crippen molar-refractivity contribution in [3.8, 4) is 5.75 Å². The Bertz CT molecular complexity index is 424. The fourth-order valence-corrected chi connectivity index (χ4v) is 1.65. The van der Waals surface area contributed by atoms with Gasteiger partial charge in [0.2, 0.25) is 0 Å². The van der Waals surface area contributed by atoms with Gasteiger partial charge in [-0.05, 0) is 30.7 Å². The highest BCUT2D eigenvalue weighted by atomic mass is 16.5. The fourth-order valence-electron chi connectivity index (χ4n) is 1.65. The summed E-state index contributed by atoms with van der Waals surface area (Å²) in [5.74, 6) is 0.258. The minimum absolute atomic E-state index is 0.129. The number of phenolic OH excluding ortho intramolecular Hbond substituents is 1. The lowest BCUT2D eigenvalue weighted by Crippen LogP contribution is -2.12. The molecule has 1 atom stereocenters. The molecule has 0 aromatic heterocycles. The predicted molar refractivity (Wildman–Crippen MR) is 64.4 cm³/mol. The molecule has 0 radical (unpaired) electrons. The first-order chi connectivity index (χ1) is 7.78. The number of allylic oxidation sites excluding steroid dienone is 1. The second-order valence-corrected chi connectivity index (χ2v) is 3.71. The minimum atomic E-state index is 0.129. The Morgan fingerprint density at radius 3 is 3.06 bits per heavy atom.